The molecular weight excluding hydrogens is 336 g/mol. The summed E-state index contributed by atoms with van der Waals surface area (Å²) in [5.74, 6) is 0.271. The molecule has 0 bridgehead atoms. The van der Waals surface area contributed by atoms with Crippen LogP contribution in [-0.2, 0) is 16.6 Å². The fourth-order valence-corrected chi connectivity index (χ4v) is 4.66. The van der Waals surface area contributed by atoms with Crippen molar-refractivity contribution in [3.8, 4) is 0 Å². The molecule has 0 atom stereocenters. The number of halogens is 1. The third-order valence-electron chi connectivity index (χ3n) is 4.38. The van der Waals surface area contributed by atoms with Crippen LogP contribution in [0.2, 0.25) is 4.34 Å². The van der Waals surface area contributed by atoms with Gasteiger partial charge in [0.15, 0.2) is 0 Å². The predicted molar refractivity (Wildman–Crippen MR) is 92.9 cm³/mol. The molecule has 0 radical (unpaired) electrons. The molecule has 22 heavy (non-hydrogen) atoms. The second-order valence-electron chi connectivity index (χ2n) is 5.99. The Bertz CT molecular complexity index is 630. The molecule has 0 spiro atoms. The Balaban J connectivity index is 1.53. The zero-order valence-electron chi connectivity index (χ0n) is 12.5. The Morgan fingerprint density at radius 2 is 2.23 bits per heavy atom. The van der Waals surface area contributed by atoms with E-state index in [9.17, 15) is 4.79 Å². The van der Waals surface area contributed by atoms with Gasteiger partial charge in [-0.05, 0) is 30.7 Å². The maximum absolute atomic E-state index is 12.3. The summed E-state index contributed by atoms with van der Waals surface area (Å²) < 4.78 is 0.741. The van der Waals surface area contributed by atoms with E-state index in [0.29, 0.717) is 6.42 Å². The maximum atomic E-state index is 12.3. The van der Waals surface area contributed by atoms with Gasteiger partial charge in [-0.15, -0.1) is 22.7 Å². The molecule has 0 aromatic carbocycles. The summed E-state index contributed by atoms with van der Waals surface area (Å²) in [6, 6.07) is 4.13. The summed E-state index contributed by atoms with van der Waals surface area (Å²) in [6.07, 6.45) is 5.11. The number of carbonyl (C=O) groups excluding carboxylic acids is 1. The fourth-order valence-electron chi connectivity index (χ4n) is 2.84. The van der Waals surface area contributed by atoms with E-state index in [0.717, 1.165) is 41.7 Å². The first-order valence-corrected chi connectivity index (χ1v) is 9.56. The number of piperidine rings is 1. The average molecular weight is 355 g/mol. The van der Waals surface area contributed by atoms with Crippen LogP contribution in [-0.4, -0.2) is 28.9 Å². The van der Waals surface area contributed by atoms with Gasteiger partial charge in [0.2, 0.25) is 5.91 Å². The molecule has 0 unspecified atom stereocenters. The highest BCUT2D eigenvalue weighted by molar-refractivity contribution is 7.15. The molecule has 1 saturated heterocycles. The topological polar surface area (TPSA) is 33.2 Å². The quantitative estimate of drug-likeness (QED) is 0.816. The minimum absolute atomic E-state index is 0.0579. The molecule has 1 fully saturated rings. The number of carbonyl (C=O) groups is 1. The van der Waals surface area contributed by atoms with E-state index in [1.165, 1.54) is 4.88 Å². The van der Waals surface area contributed by atoms with Gasteiger partial charge in [0, 0.05) is 29.8 Å². The molecule has 118 valence electrons. The lowest BCUT2D eigenvalue weighted by Gasteiger charge is -2.38. The lowest BCUT2D eigenvalue weighted by Crippen LogP contribution is -2.43. The molecule has 3 rings (SSSR count). The Hall–Kier alpha value is -0.910. The van der Waals surface area contributed by atoms with Gasteiger partial charge >= 0.3 is 0 Å². The number of aromatic nitrogens is 1. The molecule has 0 saturated carbocycles. The first kappa shape index (κ1) is 16.0. The van der Waals surface area contributed by atoms with Crippen molar-refractivity contribution in [1.82, 2.24) is 9.88 Å². The van der Waals surface area contributed by atoms with Crippen molar-refractivity contribution >= 4 is 40.2 Å². The molecule has 3 heterocycles. The molecule has 6 heteroatoms. The fraction of sp³-hybridized carbons (Fsp3) is 0.500. The number of thiophene rings is 1. The lowest BCUT2D eigenvalue weighted by atomic mass is 9.81. The molecule has 2 aromatic heterocycles. The highest BCUT2D eigenvalue weighted by atomic mass is 35.5. The van der Waals surface area contributed by atoms with Crippen LogP contribution >= 0.6 is 34.3 Å². The number of aryl methyl sites for hydroxylation is 1. The van der Waals surface area contributed by atoms with Crippen molar-refractivity contribution in [1.29, 1.82) is 0 Å². The minimum Gasteiger partial charge on any atom is -0.343 e. The summed E-state index contributed by atoms with van der Waals surface area (Å²) >= 11 is 9.29. The number of nitrogens with zero attached hydrogens (tertiary/aromatic N) is 2. The molecule has 0 N–H and O–H groups in total. The van der Waals surface area contributed by atoms with Crippen molar-refractivity contribution < 1.29 is 4.79 Å². The van der Waals surface area contributed by atoms with Gasteiger partial charge in [0.1, 0.15) is 9.34 Å². The zero-order valence-corrected chi connectivity index (χ0v) is 14.9. The van der Waals surface area contributed by atoms with Crippen molar-refractivity contribution in [3.05, 3.63) is 37.9 Å². The van der Waals surface area contributed by atoms with Gasteiger partial charge in [-0.1, -0.05) is 24.6 Å². The summed E-state index contributed by atoms with van der Waals surface area (Å²) in [5.41, 5.74) is 0.0579. The van der Waals surface area contributed by atoms with E-state index >= 15 is 0 Å². The summed E-state index contributed by atoms with van der Waals surface area (Å²) in [5, 5.41) is 3.16. The molecular formula is C16H19ClN2OS2. The smallest absolute Gasteiger partial charge is 0.222 e. The standard InChI is InChI=1S/C16H19ClN2OS2/c1-16(15-18-11-13(17)22-15)6-8-19(9-7-16)14(20)5-4-12-3-2-10-21-12/h2-3,10-11H,4-9H2,1H3. The third kappa shape index (κ3) is 3.53. The highest BCUT2D eigenvalue weighted by Crippen LogP contribution is 2.38. The van der Waals surface area contributed by atoms with E-state index in [4.69, 9.17) is 11.6 Å². The molecule has 1 aliphatic rings. The highest BCUT2D eigenvalue weighted by Gasteiger charge is 2.35. The van der Waals surface area contributed by atoms with E-state index in [1.807, 2.05) is 11.0 Å². The van der Waals surface area contributed by atoms with Gasteiger partial charge < -0.3 is 4.90 Å². The van der Waals surface area contributed by atoms with Crippen LogP contribution in [0.4, 0.5) is 0 Å². The van der Waals surface area contributed by atoms with Crippen LogP contribution in [0.3, 0.4) is 0 Å². The van der Waals surface area contributed by atoms with Crippen LogP contribution in [0.25, 0.3) is 0 Å². The van der Waals surface area contributed by atoms with Gasteiger partial charge in [0.25, 0.3) is 0 Å². The zero-order chi connectivity index (χ0) is 15.6. The van der Waals surface area contributed by atoms with Crippen molar-refractivity contribution in [2.45, 2.75) is 38.0 Å². The molecule has 0 aliphatic carbocycles. The largest absolute Gasteiger partial charge is 0.343 e. The van der Waals surface area contributed by atoms with E-state index in [2.05, 4.69) is 23.4 Å². The Labute approximate surface area is 143 Å². The molecule has 2 aromatic rings. The van der Waals surface area contributed by atoms with Gasteiger partial charge in [-0.2, -0.15) is 0 Å². The minimum atomic E-state index is 0.0579. The van der Waals surface area contributed by atoms with Crippen molar-refractivity contribution in [3.63, 3.8) is 0 Å². The number of hydrogen-bond acceptors (Lipinski definition) is 4. The van der Waals surface area contributed by atoms with Crippen LogP contribution in [0, 0.1) is 0 Å². The van der Waals surface area contributed by atoms with Gasteiger partial charge in [-0.25, -0.2) is 4.98 Å². The predicted octanol–water partition coefficient (Wildman–Crippen LogP) is 4.37. The molecule has 1 aliphatic heterocycles. The summed E-state index contributed by atoms with van der Waals surface area (Å²) in [4.78, 5) is 20.1. The average Bonchev–Trinajstić information content (AvgIpc) is 3.17. The molecule has 3 nitrogen and oxygen atoms in total. The number of amides is 1. The van der Waals surface area contributed by atoms with E-state index < -0.39 is 0 Å². The van der Waals surface area contributed by atoms with E-state index in [-0.39, 0.29) is 11.3 Å². The number of hydrogen-bond donors (Lipinski definition) is 0. The molecule has 1 amide bonds. The Morgan fingerprint density at radius 3 is 2.82 bits per heavy atom. The Kier molecular flexibility index (Phi) is 4.85. The van der Waals surface area contributed by atoms with Crippen LogP contribution in [0.5, 0.6) is 0 Å². The van der Waals surface area contributed by atoms with Crippen LogP contribution < -0.4 is 0 Å². The van der Waals surface area contributed by atoms with Crippen LogP contribution in [0.1, 0.15) is 36.1 Å². The number of likely N-dealkylation sites (tertiary alicyclic amines) is 1. The van der Waals surface area contributed by atoms with Crippen molar-refractivity contribution in [2.75, 3.05) is 13.1 Å². The van der Waals surface area contributed by atoms with Crippen LogP contribution in [0.15, 0.2) is 23.7 Å². The lowest BCUT2D eigenvalue weighted by molar-refractivity contribution is -0.132. The second kappa shape index (κ2) is 6.69. The summed E-state index contributed by atoms with van der Waals surface area (Å²) in [6.45, 7) is 3.86. The second-order valence-corrected chi connectivity index (χ2v) is 8.68. The number of thiazole rings is 1. The SMILES string of the molecule is CC1(c2ncc(Cl)s2)CCN(C(=O)CCc2cccs2)CC1. The normalized spacial score (nSPS) is 17.6. The monoisotopic (exact) mass is 354 g/mol. The summed E-state index contributed by atoms with van der Waals surface area (Å²) in [7, 11) is 0. The van der Waals surface area contributed by atoms with Gasteiger partial charge in [-0.3, -0.25) is 4.79 Å². The third-order valence-corrected chi connectivity index (χ3v) is 6.74. The first-order chi connectivity index (χ1) is 10.6. The van der Waals surface area contributed by atoms with Crippen molar-refractivity contribution in [2.24, 2.45) is 0 Å². The Morgan fingerprint density at radius 1 is 1.45 bits per heavy atom. The first-order valence-electron chi connectivity index (χ1n) is 7.49. The maximum Gasteiger partial charge on any atom is 0.222 e. The van der Waals surface area contributed by atoms with E-state index in [1.54, 1.807) is 28.9 Å². The number of rotatable bonds is 4. The van der Waals surface area contributed by atoms with Gasteiger partial charge in [0.05, 0.1) is 6.20 Å².